The van der Waals surface area contributed by atoms with Crippen molar-refractivity contribution in [2.24, 2.45) is 0 Å². The molecule has 52 heavy (non-hydrogen) atoms. The van der Waals surface area contributed by atoms with Crippen LogP contribution in [0.25, 0.3) is 54.9 Å². The maximum atomic E-state index is 2.50. The molecule has 0 bridgehead atoms. The molecule has 11 rings (SSSR count). The van der Waals surface area contributed by atoms with Crippen LogP contribution in [-0.4, -0.2) is 0 Å². The van der Waals surface area contributed by atoms with Gasteiger partial charge in [-0.3, -0.25) is 0 Å². The standard InChI is InChI=1S/C51H33N/c1-3-14-34(15-4-1)35-18-13-21-41(28-35)52(40-19-5-2-6-20-40)42-27-26-38-31-46-45-30-36-16-7-8-17-37(36)32-49(45)51(50(46)33-39(38)29-42)47-24-11-9-22-43(47)44-23-10-12-25-48(44)51/h1-33H. The monoisotopic (exact) mass is 659 g/mol. The highest BCUT2D eigenvalue weighted by atomic mass is 15.1. The molecular formula is C51H33N. The molecule has 0 N–H and O–H groups in total. The molecule has 1 heteroatoms. The first-order valence-electron chi connectivity index (χ1n) is 18.1. The van der Waals surface area contributed by atoms with Crippen molar-refractivity contribution in [3.05, 3.63) is 222 Å². The summed E-state index contributed by atoms with van der Waals surface area (Å²) in [4.78, 5) is 2.39. The van der Waals surface area contributed by atoms with Gasteiger partial charge in [-0.1, -0.05) is 140 Å². The van der Waals surface area contributed by atoms with Gasteiger partial charge in [-0.15, -0.1) is 0 Å². The zero-order valence-corrected chi connectivity index (χ0v) is 28.5. The Morgan fingerprint density at radius 2 is 0.769 bits per heavy atom. The van der Waals surface area contributed by atoms with E-state index in [-0.39, 0.29) is 0 Å². The zero-order chi connectivity index (χ0) is 34.2. The number of rotatable bonds is 4. The number of hydrogen-bond acceptors (Lipinski definition) is 1. The fourth-order valence-corrected chi connectivity index (χ4v) is 9.17. The van der Waals surface area contributed by atoms with Crippen LogP contribution >= 0.6 is 0 Å². The highest BCUT2D eigenvalue weighted by Gasteiger charge is 2.51. The number of anilines is 3. The minimum atomic E-state index is -0.408. The summed E-state index contributed by atoms with van der Waals surface area (Å²) in [5.41, 5.74) is 16.2. The van der Waals surface area contributed by atoms with E-state index in [0.717, 1.165) is 17.1 Å². The van der Waals surface area contributed by atoms with Crippen molar-refractivity contribution in [3.8, 4) is 33.4 Å². The third kappa shape index (κ3) is 4.11. The summed E-state index contributed by atoms with van der Waals surface area (Å²) in [5.74, 6) is 0. The lowest BCUT2D eigenvalue weighted by atomic mass is 9.70. The summed E-state index contributed by atoms with van der Waals surface area (Å²) >= 11 is 0. The normalized spacial score (nSPS) is 13.2. The Labute approximate surface area is 303 Å². The van der Waals surface area contributed by atoms with Gasteiger partial charge in [0.15, 0.2) is 0 Å². The average Bonchev–Trinajstić information content (AvgIpc) is 3.66. The van der Waals surface area contributed by atoms with Gasteiger partial charge in [-0.2, -0.15) is 0 Å². The van der Waals surface area contributed by atoms with Crippen LogP contribution in [0.4, 0.5) is 17.1 Å². The Bertz CT molecular complexity index is 2800. The quantitative estimate of drug-likeness (QED) is 0.182. The third-order valence-electron chi connectivity index (χ3n) is 11.4. The first kappa shape index (κ1) is 29.1. The van der Waals surface area contributed by atoms with E-state index in [4.69, 9.17) is 0 Å². The van der Waals surface area contributed by atoms with Gasteiger partial charge in [0.05, 0.1) is 5.41 Å². The minimum Gasteiger partial charge on any atom is -0.310 e. The van der Waals surface area contributed by atoms with Crippen molar-refractivity contribution in [2.45, 2.75) is 5.41 Å². The van der Waals surface area contributed by atoms with Crippen LogP contribution in [0.2, 0.25) is 0 Å². The highest BCUT2D eigenvalue weighted by molar-refractivity contribution is 6.04. The smallest absolute Gasteiger partial charge is 0.0725 e. The van der Waals surface area contributed by atoms with Gasteiger partial charge < -0.3 is 4.90 Å². The molecule has 2 aliphatic rings. The van der Waals surface area contributed by atoms with Gasteiger partial charge in [0.2, 0.25) is 0 Å². The first-order chi connectivity index (χ1) is 25.8. The van der Waals surface area contributed by atoms with Crippen LogP contribution in [0.5, 0.6) is 0 Å². The Kier molecular flexibility index (Phi) is 6.23. The van der Waals surface area contributed by atoms with E-state index in [1.54, 1.807) is 0 Å². The van der Waals surface area contributed by atoms with E-state index in [0.29, 0.717) is 0 Å². The van der Waals surface area contributed by atoms with Gasteiger partial charge in [0.25, 0.3) is 0 Å². The molecule has 242 valence electrons. The van der Waals surface area contributed by atoms with Crippen molar-refractivity contribution in [2.75, 3.05) is 4.90 Å². The number of para-hydroxylation sites is 1. The van der Waals surface area contributed by atoms with E-state index < -0.39 is 5.41 Å². The Morgan fingerprint density at radius 1 is 0.269 bits per heavy atom. The maximum Gasteiger partial charge on any atom is 0.0725 e. The lowest BCUT2D eigenvalue weighted by molar-refractivity contribution is 0.796. The van der Waals surface area contributed by atoms with Crippen LogP contribution in [0.1, 0.15) is 22.3 Å². The largest absolute Gasteiger partial charge is 0.310 e. The van der Waals surface area contributed by atoms with E-state index in [1.807, 2.05) is 0 Å². The maximum absolute atomic E-state index is 2.50. The summed E-state index contributed by atoms with van der Waals surface area (Å²) in [7, 11) is 0. The van der Waals surface area contributed by atoms with E-state index in [2.05, 4.69) is 205 Å². The molecule has 9 aromatic carbocycles. The van der Waals surface area contributed by atoms with Crippen molar-refractivity contribution in [3.63, 3.8) is 0 Å². The van der Waals surface area contributed by atoms with E-state index in [1.165, 1.54) is 77.2 Å². The number of nitrogens with zero attached hydrogens (tertiary/aromatic N) is 1. The highest BCUT2D eigenvalue weighted by Crippen LogP contribution is 2.63. The minimum absolute atomic E-state index is 0.408. The van der Waals surface area contributed by atoms with Gasteiger partial charge in [0, 0.05) is 17.1 Å². The molecule has 0 fully saturated rings. The van der Waals surface area contributed by atoms with Crippen molar-refractivity contribution >= 4 is 38.6 Å². The molecule has 0 aromatic heterocycles. The SMILES string of the molecule is c1ccc(-c2cccc(N(c3ccccc3)c3ccc4cc5c(cc4c3)C3(c4ccccc4-c4ccccc43)c3cc4ccccc4cc3-5)c2)cc1. The van der Waals surface area contributed by atoms with Crippen LogP contribution in [0.15, 0.2) is 200 Å². The summed E-state index contributed by atoms with van der Waals surface area (Å²) < 4.78 is 0. The molecule has 9 aromatic rings. The molecule has 1 nitrogen and oxygen atoms in total. The second-order valence-corrected chi connectivity index (χ2v) is 14.1. The van der Waals surface area contributed by atoms with Gasteiger partial charge >= 0.3 is 0 Å². The molecule has 0 saturated heterocycles. The average molecular weight is 660 g/mol. The van der Waals surface area contributed by atoms with Gasteiger partial charge in [0.1, 0.15) is 0 Å². The summed E-state index contributed by atoms with van der Waals surface area (Å²) in [6, 6.07) is 74.0. The number of benzene rings is 9. The van der Waals surface area contributed by atoms with Crippen molar-refractivity contribution in [1.82, 2.24) is 0 Å². The second kappa shape index (κ2) is 11.2. The van der Waals surface area contributed by atoms with Crippen molar-refractivity contribution in [1.29, 1.82) is 0 Å². The Hall–Kier alpha value is -6.70. The summed E-state index contributed by atoms with van der Waals surface area (Å²) in [5, 5.41) is 5.02. The van der Waals surface area contributed by atoms with E-state index in [9.17, 15) is 0 Å². The molecule has 0 unspecified atom stereocenters. The molecule has 0 atom stereocenters. The summed E-state index contributed by atoms with van der Waals surface area (Å²) in [6.07, 6.45) is 0. The first-order valence-corrected chi connectivity index (χ1v) is 18.1. The second-order valence-electron chi connectivity index (χ2n) is 14.1. The van der Waals surface area contributed by atoms with Crippen LogP contribution in [0.3, 0.4) is 0 Å². The molecule has 0 saturated carbocycles. The Morgan fingerprint density at radius 3 is 1.46 bits per heavy atom. The fourth-order valence-electron chi connectivity index (χ4n) is 9.17. The molecule has 0 aliphatic heterocycles. The fraction of sp³-hybridized carbons (Fsp3) is 0.0196. The van der Waals surface area contributed by atoms with Gasteiger partial charge in [-0.25, -0.2) is 0 Å². The predicted molar refractivity (Wildman–Crippen MR) is 218 cm³/mol. The number of hydrogen-bond donors (Lipinski definition) is 0. The topological polar surface area (TPSA) is 3.24 Å². The molecule has 0 amide bonds. The molecule has 2 aliphatic carbocycles. The molecule has 1 spiro atoms. The van der Waals surface area contributed by atoms with Crippen LogP contribution < -0.4 is 4.90 Å². The van der Waals surface area contributed by atoms with Crippen LogP contribution in [0, 0.1) is 0 Å². The third-order valence-corrected chi connectivity index (χ3v) is 11.4. The lowest BCUT2D eigenvalue weighted by Gasteiger charge is -2.31. The number of fused-ring (bicyclic) bond motifs is 12. The Balaban J connectivity index is 1.17. The van der Waals surface area contributed by atoms with Gasteiger partial charge in [-0.05, 0) is 138 Å². The molecule has 0 radical (unpaired) electrons. The van der Waals surface area contributed by atoms with E-state index >= 15 is 0 Å². The van der Waals surface area contributed by atoms with Crippen molar-refractivity contribution < 1.29 is 0 Å². The molecular weight excluding hydrogens is 627 g/mol. The predicted octanol–water partition coefficient (Wildman–Crippen LogP) is 13.5. The summed E-state index contributed by atoms with van der Waals surface area (Å²) in [6.45, 7) is 0. The lowest BCUT2D eigenvalue weighted by Crippen LogP contribution is -2.25. The van der Waals surface area contributed by atoms with Crippen LogP contribution in [-0.2, 0) is 5.41 Å². The molecule has 0 heterocycles. The zero-order valence-electron chi connectivity index (χ0n) is 28.5.